The Bertz CT molecular complexity index is 323. The Balaban J connectivity index is 1.63. The number of ether oxygens (including phenoxy) is 1. The summed E-state index contributed by atoms with van der Waals surface area (Å²) >= 11 is 0. The van der Waals surface area contributed by atoms with Crippen LogP contribution in [0.1, 0.15) is 19.3 Å². The summed E-state index contributed by atoms with van der Waals surface area (Å²) in [5.74, 6) is 1.45. The maximum Gasteiger partial charge on any atom is 0.240 e. The van der Waals surface area contributed by atoms with Crippen molar-refractivity contribution in [3.05, 3.63) is 0 Å². The average molecular weight is 254 g/mol. The van der Waals surface area contributed by atoms with Crippen LogP contribution in [0.4, 0.5) is 0 Å². The van der Waals surface area contributed by atoms with Crippen molar-refractivity contribution in [2.24, 2.45) is 11.8 Å². The Labute approximate surface area is 107 Å². The molecule has 1 amide bonds. The average Bonchev–Trinajstić information content (AvgIpc) is 3.00. The zero-order chi connectivity index (χ0) is 12.5. The molecule has 1 saturated carbocycles. The minimum Gasteiger partial charge on any atom is -0.394 e. The molecule has 2 N–H and O–H groups in total. The first-order valence-electron chi connectivity index (χ1n) is 7.04. The molecule has 0 aromatic carbocycles. The lowest BCUT2D eigenvalue weighted by Crippen LogP contribution is -2.53. The van der Waals surface area contributed by atoms with Gasteiger partial charge in [-0.2, -0.15) is 0 Å². The van der Waals surface area contributed by atoms with Crippen molar-refractivity contribution in [1.29, 1.82) is 0 Å². The van der Waals surface area contributed by atoms with Crippen LogP contribution in [0.25, 0.3) is 0 Å². The number of fused-ring (bicyclic) bond motifs is 1. The van der Waals surface area contributed by atoms with Crippen molar-refractivity contribution < 1.29 is 14.6 Å². The first-order valence-corrected chi connectivity index (χ1v) is 7.04. The Morgan fingerprint density at radius 2 is 2.33 bits per heavy atom. The van der Waals surface area contributed by atoms with Crippen LogP contribution >= 0.6 is 0 Å². The molecule has 0 aromatic heterocycles. The predicted molar refractivity (Wildman–Crippen MR) is 66.0 cm³/mol. The van der Waals surface area contributed by atoms with Crippen LogP contribution in [0.3, 0.4) is 0 Å². The van der Waals surface area contributed by atoms with Gasteiger partial charge in [0.1, 0.15) is 0 Å². The first kappa shape index (κ1) is 12.4. The molecule has 18 heavy (non-hydrogen) atoms. The van der Waals surface area contributed by atoms with Crippen LogP contribution in [0.5, 0.6) is 0 Å². The van der Waals surface area contributed by atoms with Gasteiger partial charge in [0.25, 0.3) is 0 Å². The van der Waals surface area contributed by atoms with Crippen molar-refractivity contribution in [1.82, 2.24) is 10.2 Å². The van der Waals surface area contributed by atoms with E-state index >= 15 is 0 Å². The number of carbonyl (C=O) groups is 1. The lowest BCUT2D eigenvalue weighted by atomic mass is 9.93. The number of morpholine rings is 1. The molecular weight excluding hydrogens is 232 g/mol. The highest BCUT2D eigenvalue weighted by atomic mass is 16.5. The number of hydrogen-bond donors (Lipinski definition) is 2. The molecule has 2 aliphatic heterocycles. The van der Waals surface area contributed by atoms with Crippen LogP contribution in [0, 0.1) is 11.8 Å². The van der Waals surface area contributed by atoms with Gasteiger partial charge >= 0.3 is 0 Å². The van der Waals surface area contributed by atoms with E-state index in [4.69, 9.17) is 9.84 Å². The van der Waals surface area contributed by atoms with E-state index in [1.165, 1.54) is 19.3 Å². The summed E-state index contributed by atoms with van der Waals surface area (Å²) in [6.45, 7) is 2.72. The zero-order valence-electron chi connectivity index (χ0n) is 10.7. The lowest BCUT2D eigenvalue weighted by molar-refractivity contribution is -0.143. The van der Waals surface area contributed by atoms with Gasteiger partial charge in [-0.25, -0.2) is 0 Å². The third-order valence-corrected chi connectivity index (χ3v) is 4.67. The Morgan fingerprint density at radius 1 is 1.44 bits per heavy atom. The predicted octanol–water partition coefficient (Wildman–Crippen LogP) is -0.406. The maximum absolute atomic E-state index is 12.5. The molecule has 0 bridgehead atoms. The highest BCUT2D eigenvalue weighted by Crippen LogP contribution is 2.38. The minimum atomic E-state index is -0.205. The van der Waals surface area contributed by atoms with E-state index < -0.39 is 0 Å². The van der Waals surface area contributed by atoms with Gasteiger partial charge in [-0.05, 0) is 31.2 Å². The molecule has 5 heteroatoms. The summed E-state index contributed by atoms with van der Waals surface area (Å²) in [6, 6.07) is 0.00921. The van der Waals surface area contributed by atoms with E-state index in [9.17, 15) is 4.79 Å². The molecule has 4 unspecified atom stereocenters. The van der Waals surface area contributed by atoms with Gasteiger partial charge in [-0.1, -0.05) is 6.42 Å². The van der Waals surface area contributed by atoms with E-state index in [-0.39, 0.29) is 24.7 Å². The number of nitrogens with zero attached hydrogens (tertiary/aromatic N) is 1. The highest BCUT2D eigenvalue weighted by molar-refractivity contribution is 5.83. The second-order valence-electron chi connectivity index (χ2n) is 5.70. The molecule has 102 valence electrons. The summed E-state index contributed by atoms with van der Waals surface area (Å²) in [4.78, 5) is 14.4. The molecule has 0 spiro atoms. The van der Waals surface area contributed by atoms with Crippen molar-refractivity contribution in [2.45, 2.75) is 31.4 Å². The normalized spacial score (nSPS) is 39.9. The van der Waals surface area contributed by atoms with Gasteiger partial charge in [0.15, 0.2) is 0 Å². The number of rotatable bonds is 2. The van der Waals surface area contributed by atoms with Crippen molar-refractivity contribution in [2.75, 3.05) is 32.8 Å². The monoisotopic (exact) mass is 254 g/mol. The molecule has 2 saturated heterocycles. The topological polar surface area (TPSA) is 61.8 Å². The fourth-order valence-corrected chi connectivity index (χ4v) is 3.68. The molecule has 0 radical (unpaired) electrons. The second-order valence-corrected chi connectivity index (χ2v) is 5.70. The van der Waals surface area contributed by atoms with Gasteiger partial charge in [0.05, 0.1) is 25.4 Å². The van der Waals surface area contributed by atoms with Crippen molar-refractivity contribution in [3.8, 4) is 0 Å². The molecule has 2 heterocycles. The van der Waals surface area contributed by atoms with E-state index in [0.29, 0.717) is 31.5 Å². The Kier molecular flexibility index (Phi) is 3.54. The largest absolute Gasteiger partial charge is 0.394 e. The molecule has 1 aliphatic carbocycles. The maximum atomic E-state index is 12.5. The smallest absolute Gasteiger partial charge is 0.240 e. The van der Waals surface area contributed by atoms with Crippen LogP contribution < -0.4 is 5.32 Å². The quantitative estimate of drug-likeness (QED) is 0.703. The fourth-order valence-electron chi connectivity index (χ4n) is 3.68. The number of amides is 1. The molecule has 3 aliphatic rings. The lowest BCUT2D eigenvalue weighted by Gasteiger charge is -2.34. The number of carbonyl (C=O) groups excluding carboxylic acids is 1. The van der Waals surface area contributed by atoms with Gasteiger partial charge in [0.2, 0.25) is 5.91 Å². The third kappa shape index (κ3) is 2.15. The molecule has 3 rings (SSSR count). The molecule has 5 nitrogen and oxygen atoms in total. The number of hydrogen-bond acceptors (Lipinski definition) is 4. The van der Waals surface area contributed by atoms with E-state index in [1.54, 1.807) is 0 Å². The third-order valence-electron chi connectivity index (χ3n) is 4.67. The summed E-state index contributed by atoms with van der Waals surface area (Å²) in [6.07, 6.45) is 3.51. The Hall–Kier alpha value is -0.650. The SMILES string of the molecule is O=C(C1NCC2CCCC21)N1CCOC(CO)C1. The number of aliphatic hydroxyl groups is 1. The van der Waals surface area contributed by atoms with Gasteiger partial charge in [-0.3, -0.25) is 4.79 Å². The second kappa shape index (κ2) is 5.15. The van der Waals surface area contributed by atoms with Gasteiger partial charge < -0.3 is 20.1 Å². The minimum absolute atomic E-state index is 0.00602. The summed E-state index contributed by atoms with van der Waals surface area (Å²) in [7, 11) is 0. The van der Waals surface area contributed by atoms with Crippen molar-refractivity contribution >= 4 is 5.91 Å². The number of aliphatic hydroxyl groups excluding tert-OH is 1. The summed E-state index contributed by atoms with van der Waals surface area (Å²) in [5, 5.41) is 12.5. The van der Waals surface area contributed by atoms with Crippen LogP contribution in [0.15, 0.2) is 0 Å². The van der Waals surface area contributed by atoms with Crippen LogP contribution in [-0.4, -0.2) is 60.9 Å². The molecule has 4 atom stereocenters. The standard InChI is InChI=1S/C13H22N2O3/c16-8-10-7-15(4-5-18-10)13(17)12-11-3-1-2-9(11)6-14-12/h9-12,14,16H,1-8H2. The van der Waals surface area contributed by atoms with Gasteiger partial charge in [-0.15, -0.1) is 0 Å². The molecular formula is C13H22N2O3. The summed E-state index contributed by atoms with van der Waals surface area (Å²) in [5.41, 5.74) is 0. The Morgan fingerprint density at radius 3 is 3.17 bits per heavy atom. The first-order chi connectivity index (χ1) is 8.79. The summed E-state index contributed by atoms with van der Waals surface area (Å²) < 4.78 is 5.39. The van der Waals surface area contributed by atoms with Crippen LogP contribution in [-0.2, 0) is 9.53 Å². The van der Waals surface area contributed by atoms with E-state index in [0.717, 1.165) is 6.54 Å². The highest BCUT2D eigenvalue weighted by Gasteiger charge is 2.44. The van der Waals surface area contributed by atoms with E-state index in [2.05, 4.69) is 5.32 Å². The van der Waals surface area contributed by atoms with Gasteiger partial charge in [0, 0.05) is 13.1 Å². The number of nitrogens with one attached hydrogen (secondary N) is 1. The fraction of sp³-hybridized carbons (Fsp3) is 0.923. The molecule has 0 aromatic rings. The molecule has 3 fully saturated rings. The zero-order valence-corrected chi connectivity index (χ0v) is 10.7. The van der Waals surface area contributed by atoms with Crippen LogP contribution in [0.2, 0.25) is 0 Å². The van der Waals surface area contributed by atoms with Crippen molar-refractivity contribution in [3.63, 3.8) is 0 Å². The van der Waals surface area contributed by atoms with E-state index in [1.807, 2.05) is 4.90 Å².